The number of rotatable bonds is 2. The maximum atomic E-state index is 11.1. The van der Waals surface area contributed by atoms with E-state index in [1.165, 1.54) is 0 Å². The Balaban J connectivity index is 2.29. The normalized spacial score (nSPS) is 23.8. The van der Waals surface area contributed by atoms with Crippen LogP contribution in [0, 0.1) is 12.8 Å². The lowest BCUT2D eigenvalue weighted by molar-refractivity contribution is -0.139. The average molecular weight is 218 g/mol. The van der Waals surface area contributed by atoms with Crippen LogP contribution in [0.15, 0.2) is 29.4 Å². The van der Waals surface area contributed by atoms with Crippen molar-refractivity contribution in [1.29, 1.82) is 0 Å². The molecule has 1 aromatic rings. The number of carboxylic acids is 1. The molecule has 0 aliphatic carbocycles. The van der Waals surface area contributed by atoms with Gasteiger partial charge in [-0.25, -0.2) is 0 Å². The zero-order chi connectivity index (χ0) is 11.7. The lowest BCUT2D eigenvalue weighted by atomic mass is 9.91. The van der Waals surface area contributed by atoms with E-state index in [-0.39, 0.29) is 6.04 Å². The Morgan fingerprint density at radius 2 is 1.94 bits per heavy atom. The Morgan fingerprint density at radius 3 is 2.50 bits per heavy atom. The minimum absolute atomic E-state index is 0.252. The predicted molar refractivity (Wildman–Crippen MR) is 61.3 cm³/mol. The van der Waals surface area contributed by atoms with Gasteiger partial charge in [0, 0.05) is 0 Å². The van der Waals surface area contributed by atoms with Crippen LogP contribution in [-0.4, -0.2) is 16.8 Å². The number of carboxylic acid groups (broad SMARTS) is 1. The molecule has 1 aliphatic rings. The largest absolute Gasteiger partial charge is 0.481 e. The van der Waals surface area contributed by atoms with Crippen LogP contribution in [0.25, 0.3) is 0 Å². The SMILES string of the molecule is CC1=NNC(c2ccc(C)cc2)C1C(=O)O. The summed E-state index contributed by atoms with van der Waals surface area (Å²) in [6, 6.07) is 7.58. The summed E-state index contributed by atoms with van der Waals surface area (Å²) in [6.45, 7) is 3.74. The minimum Gasteiger partial charge on any atom is -0.481 e. The highest BCUT2D eigenvalue weighted by Gasteiger charge is 2.35. The summed E-state index contributed by atoms with van der Waals surface area (Å²) in [4.78, 5) is 11.1. The van der Waals surface area contributed by atoms with Crippen LogP contribution >= 0.6 is 0 Å². The number of carbonyl (C=O) groups is 1. The van der Waals surface area contributed by atoms with Gasteiger partial charge in [0.05, 0.1) is 11.8 Å². The molecule has 0 saturated carbocycles. The minimum atomic E-state index is -0.836. The van der Waals surface area contributed by atoms with E-state index in [0.717, 1.165) is 11.1 Å². The van der Waals surface area contributed by atoms with E-state index in [0.29, 0.717) is 5.71 Å². The van der Waals surface area contributed by atoms with Gasteiger partial charge < -0.3 is 10.5 Å². The van der Waals surface area contributed by atoms with Gasteiger partial charge in [0.1, 0.15) is 5.92 Å². The predicted octanol–water partition coefficient (Wildman–Crippen LogP) is 1.72. The molecule has 4 nitrogen and oxygen atoms in total. The summed E-state index contributed by atoms with van der Waals surface area (Å²) in [6.07, 6.45) is 0. The summed E-state index contributed by atoms with van der Waals surface area (Å²) < 4.78 is 0. The molecule has 1 aromatic carbocycles. The summed E-state index contributed by atoms with van der Waals surface area (Å²) in [5, 5.41) is 13.2. The van der Waals surface area contributed by atoms with Gasteiger partial charge in [-0.2, -0.15) is 5.10 Å². The zero-order valence-electron chi connectivity index (χ0n) is 9.27. The van der Waals surface area contributed by atoms with Gasteiger partial charge in [0.15, 0.2) is 0 Å². The fourth-order valence-electron chi connectivity index (χ4n) is 1.92. The number of hydrazone groups is 1. The van der Waals surface area contributed by atoms with Crippen molar-refractivity contribution in [3.8, 4) is 0 Å². The molecule has 0 amide bonds. The Hall–Kier alpha value is -1.84. The van der Waals surface area contributed by atoms with Gasteiger partial charge in [-0.1, -0.05) is 29.8 Å². The summed E-state index contributed by atoms with van der Waals surface area (Å²) in [7, 11) is 0. The van der Waals surface area contributed by atoms with Gasteiger partial charge in [0.2, 0.25) is 0 Å². The van der Waals surface area contributed by atoms with E-state index < -0.39 is 11.9 Å². The van der Waals surface area contributed by atoms with Crippen molar-refractivity contribution in [2.75, 3.05) is 0 Å². The van der Waals surface area contributed by atoms with Crippen LogP contribution in [0.3, 0.4) is 0 Å². The highest BCUT2D eigenvalue weighted by Crippen LogP contribution is 2.28. The topological polar surface area (TPSA) is 61.7 Å². The average Bonchev–Trinajstić information content (AvgIpc) is 2.61. The van der Waals surface area contributed by atoms with Crippen molar-refractivity contribution >= 4 is 11.7 Å². The highest BCUT2D eigenvalue weighted by molar-refractivity contribution is 6.02. The molecule has 2 atom stereocenters. The van der Waals surface area contributed by atoms with E-state index >= 15 is 0 Å². The van der Waals surface area contributed by atoms with Gasteiger partial charge in [-0.05, 0) is 19.4 Å². The maximum absolute atomic E-state index is 11.1. The molecule has 0 aromatic heterocycles. The summed E-state index contributed by atoms with van der Waals surface area (Å²) >= 11 is 0. The maximum Gasteiger partial charge on any atom is 0.314 e. The number of nitrogens with one attached hydrogen (secondary N) is 1. The molecule has 2 rings (SSSR count). The lowest BCUT2D eigenvalue weighted by Gasteiger charge is -2.16. The lowest BCUT2D eigenvalue weighted by Crippen LogP contribution is -2.27. The number of benzene rings is 1. The van der Waals surface area contributed by atoms with Crippen molar-refractivity contribution in [2.24, 2.45) is 11.0 Å². The molecule has 16 heavy (non-hydrogen) atoms. The fraction of sp³-hybridized carbons (Fsp3) is 0.333. The molecular weight excluding hydrogens is 204 g/mol. The second kappa shape index (κ2) is 3.96. The van der Waals surface area contributed by atoms with Crippen LogP contribution in [0.5, 0.6) is 0 Å². The van der Waals surface area contributed by atoms with Gasteiger partial charge in [-0.3, -0.25) is 4.79 Å². The monoisotopic (exact) mass is 218 g/mol. The molecule has 4 heteroatoms. The van der Waals surface area contributed by atoms with Gasteiger partial charge >= 0.3 is 5.97 Å². The number of aryl methyl sites for hydroxylation is 1. The zero-order valence-corrected chi connectivity index (χ0v) is 9.27. The third-order valence-corrected chi connectivity index (χ3v) is 2.87. The number of aliphatic carboxylic acids is 1. The molecule has 2 N–H and O–H groups in total. The smallest absolute Gasteiger partial charge is 0.314 e. The molecule has 2 unspecified atom stereocenters. The first-order valence-electron chi connectivity index (χ1n) is 5.18. The van der Waals surface area contributed by atoms with Crippen LogP contribution in [0.1, 0.15) is 24.1 Å². The van der Waals surface area contributed by atoms with Crippen molar-refractivity contribution in [3.63, 3.8) is 0 Å². The molecule has 1 heterocycles. The first-order chi connectivity index (χ1) is 7.59. The van der Waals surface area contributed by atoms with E-state index in [4.69, 9.17) is 5.11 Å². The van der Waals surface area contributed by atoms with Crippen LogP contribution in [0.4, 0.5) is 0 Å². The van der Waals surface area contributed by atoms with Gasteiger partial charge in [0.25, 0.3) is 0 Å². The Morgan fingerprint density at radius 1 is 1.31 bits per heavy atom. The molecule has 1 aliphatic heterocycles. The van der Waals surface area contributed by atoms with Crippen molar-refractivity contribution in [2.45, 2.75) is 19.9 Å². The van der Waals surface area contributed by atoms with E-state index in [1.807, 2.05) is 31.2 Å². The Bertz CT molecular complexity index is 437. The third-order valence-electron chi connectivity index (χ3n) is 2.87. The van der Waals surface area contributed by atoms with E-state index in [2.05, 4.69) is 10.5 Å². The molecule has 0 spiro atoms. The van der Waals surface area contributed by atoms with E-state index in [1.54, 1.807) is 6.92 Å². The third kappa shape index (κ3) is 1.78. The molecule has 0 radical (unpaired) electrons. The molecule has 0 saturated heterocycles. The van der Waals surface area contributed by atoms with Crippen LogP contribution < -0.4 is 5.43 Å². The quantitative estimate of drug-likeness (QED) is 0.794. The second-order valence-corrected chi connectivity index (χ2v) is 4.09. The Kier molecular flexibility index (Phi) is 2.64. The summed E-state index contributed by atoms with van der Waals surface area (Å²) in [5.74, 6) is -1.40. The number of hydrogen-bond acceptors (Lipinski definition) is 3. The highest BCUT2D eigenvalue weighted by atomic mass is 16.4. The van der Waals surface area contributed by atoms with E-state index in [9.17, 15) is 4.79 Å². The van der Waals surface area contributed by atoms with Crippen molar-refractivity contribution in [1.82, 2.24) is 5.43 Å². The molecule has 0 fully saturated rings. The summed E-state index contributed by atoms with van der Waals surface area (Å²) in [5.41, 5.74) is 5.62. The molecule has 0 bridgehead atoms. The van der Waals surface area contributed by atoms with Crippen molar-refractivity contribution < 1.29 is 9.90 Å². The first kappa shape index (κ1) is 10.7. The first-order valence-corrected chi connectivity index (χ1v) is 5.18. The second-order valence-electron chi connectivity index (χ2n) is 4.09. The Labute approximate surface area is 94.0 Å². The standard InChI is InChI=1S/C12H14N2O2/c1-7-3-5-9(6-4-7)11-10(12(15)16)8(2)13-14-11/h3-6,10-11,14H,1-2H3,(H,15,16). The number of hydrogen-bond donors (Lipinski definition) is 2. The van der Waals surface area contributed by atoms with Gasteiger partial charge in [-0.15, -0.1) is 0 Å². The molecular formula is C12H14N2O2. The van der Waals surface area contributed by atoms with Crippen molar-refractivity contribution in [3.05, 3.63) is 35.4 Å². The fourth-order valence-corrected chi connectivity index (χ4v) is 1.92. The van der Waals surface area contributed by atoms with Crippen LogP contribution in [-0.2, 0) is 4.79 Å². The van der Waals surface area contributed by atoms with Crippen LogP contribution in [0.2, 0.25) is 0 Å². The molecule has 84 valence electrons. The number of nitrogens with zero attached hydrogens (tertiary/aromatic N) is 1.